The molecule has 1 aliphatic rings. The van der Waals surface area contributed by atoms with Crippen LogP contribution in [-0.2, 0) is 11.2 Å². The van der Waals surface area contributed by atoms with E-state index in [2.05, 4.69) is 14.9 Å². The number of aromatic amines is 1. The summed E-state index contributed by atoms with van der Waals surface area (Å²) < 4.78 is 20.2. The summed E-state index contributed by atoms with van der Waals surface area (Å²) in [6.07, 6.45) is 1.96. The minimum atomic E-state index is -0.353. The number of benzene rings is 2. The molecule has 4 aromatic rings. The van der Waals surface area contributed by atoms with Crippen molar-refractivity contribution in [3.05, 3.63) is 88.4 Å². The number of pyridine rings is 1. The summed E-state index contributed by atoms with van der Waals surface area (Å²) in [6, 6.07) is 16.0. The van der Waals surface area contributed by atoms with E-state index in [-0.39, 0.29) is 11.4 Å². The van der Waals surface area contributed by atoms with Crippen molar-refractivity contribution < 1.29 is 9.13 Å². The molecule has 1 saturated heterocycles. The summed E-state index contributed by atoms with van der Waals surface area (Å²) in [4.78, 5) is 26.7. The zero-order valence-corrected chi connectivity index (χ0v) is 16.8. The molecule has 5 rings (SSSR count). The van der Waals surface area contributed by atoms with Gasteiger partial charge in [-0.05, 0) is 42.0 Å². The molecule has 2 aromatic heterocycles. The van der Waals surface area contributed by atoms with Crippen molar-refractivity contribution in [3.8, 4) is 11.3 Å². The third kappa shape index (κ3) is 3.92. The standard InChI is InChI=1S/C24H21FN4O2/c25-19-14-16(7-8-17(19)20-5-1-2-9-26-20)15-22-27-23-18(24(30)28-22)4-3-6-21(23)29-10-12-31-13-11-29/h1-9,14H,10-13,15H2,(H,27,28,30). The summed E-state index contributed by atoms with van der Waals surface area (Å²) in [6.45, 7) is 2.80. The van der Waals surface area contributed by atoms with E-state index in [4.69, 9.17) is 9.72 Å². The SMILES string of the molecule is O=c1[nH]c(Cc2ccc(-c3ccccn3)c(F)c2)nc2c(N3CCOCC3)cccc12. The van der Waals surface area contributed by atoms with Crippen LogP contribution in [0.15, 0.2) is 65.6 Å². The Bertz CT molecular complexity index is 1280. The molecule has 0 saturated carbocycles. The van der Waals surface area contributed by atoms with Gasteiger partial charge in [-0.3, -0.25) is 9.78 Å². The molecule has 0 atom stereocenters. The number of aromatic nitrogens is 3. The fourth-order valence-corrected chi connectivity index (χ4v) is 3.93. The third-order valence-corrected chi connectivity index (χ3v) is 5.46. The first-order valence-electron chi connectivity index (χ1n) is 10.2. The highest BCUT2D eigenvalue weighted by Gasteiger charge is 2.17. The Balaban J connectivity index is 1.49. The van der Waals surface area contributed by atoms with Gasteiger partial charge in [0.25, 0.3) is 5.56 Å². The van der Waals surface area contributed by atoms with Gasteiger partial charge in [0.2, 0.25) is 0 Å². The summed E-state index contributed by atoms with van der Waals surface area (Å²) in [7, 11) is 0. The zero-order chi connectivity index (χ0) is 21.2. The van der Waals surface area contributed by atoms with Gasteiger partial charge in [0.1, 0.15) is 17.2 Å². The Labute approximate surface area is 178 Å². The number of anilines is 1. The van der Waals surface area contributed by atoms with E-state index in [1.165, 1.54) is 6.07 Å². The summed E-state index contributed by atoms with van der Waals surface area (Å²) in [5.74, 6) is 0.150. The van der Waals surface area contributed by atoms with Gasteiger partial charge in [0.15, 0.2) is 0 Å². The fraction of sp³-hybridized carbons (Fsp3) is 0.208. The molecule has 6 nitrogen and oxygen atoms in total. The first-order chi connectivity index (χ1) is 15.2. The highest BCUT2D eigenvalue weighted by atomic mass is 19.1. The molecule has 156 valence electrons. The molecular formula is C24H21FN4O2. The van der Waals surface area contributed by atoms with Gasteiger partial charge in [0, 0.05) is 31.3 Å². The number of morpholine rings is 1. The van der Waals surface area contributed by atoms with Crippen molar-refractivity contribution in [1.82, 2.24) is 15.0 Å². The molecular weight excluding hydrogens is 395 g/mol. The first kappa shape index (κ1) is 19.4. The number of rotatable bonds is 4. The molecule has 0 spiro atoms. The number of hydrogen-bond acceptors (Lipinski definition) is 5. The van der Waals surface area contributed by atoms with Gasteiger partial charge < -0.3 is 14.6 Å². The van der Waals surface area contributed by atoms with E-state index in [0.717, 1.165) is 24.3 Å². The molecule has 31 heavy (non-hydrogen) atoms. The van der Waals surface area contributed by atoms with Crippen LogP contribution in [-0.4, -0.2) is 41.3 Å². The van der Waals surface area contributed by atoms with Gasteiger partial charge in [-0.15, -0.1) is 0 Å². The minimum Gasteiger partial charge on any atom is -0.378 e. The average molecular weight is 416 g/mol. The first-order valence-corrected chi connectivity index (χ1v) is 10.2. The van der Waals surface area contributed by atoms with E-state index >= 15 is 0 Å². The van der Waals surface area contributed by atoms with E-state index in [1.54, 1.807) is 30.5 Å². The fourth-order valence-electron chi connectivity index (χ4n) is 3.93. The van der Waals surface area contributed by atoms with Gasteiger partial charge in [-0.25, -0.2) is 9.37 Å². The lowest BCUT2D eigenvalue weighted by atomic mass is 10.1. The van der Waals surface area contributed by atoms with E-state index in [1.807, 2.05) is 24.3 Å². The van der Waals surface area contributed by atoms with Gasteiger partial charge >= 0.3 is 0 Å². The number of nitrogens with zero attached hydrogens (tertiary/aromatic N) is 3. The number of ether oxygens (including phenoxy) is 1. The summed E-state index contributed by atoms with van der Waals surface area (Å²) in [5.41, 5.74) is 3.14. The molecule has 1 aliphatic heterocycles. The number of H-pyrrole nitrogens is 1. The molecule has 0 radical (unpaired) electrons. The Morgan fingerprint density at radius 2 is 1.94 bits per heavy atom. The lowest BCUT2D eigenvalue weighted by molar-refractivity contribution is 0.123. The maximum atomic E-state index is 14.7. The minimum absolute atomic E-state index is 0.194. The Kier molecular flexibility index (Phi) is 5.18. The Morgan fingerprint density at radius 3 is 2.71 bits per heavy atom. The largest absolute Gasteiger partial charge is 0.378 e. The molecule has 1 N–H and O–H groups in total. The molecule has 0 aliphatic carbocycles. The number of halogens is 1. The van der Waals surface area contributed by atoms with E-state index < -0.39 is 0 Å². The van der Waals surface area contributed by atoms with E-state index in [0.29, 0.717) is 47.6 Å². The van der Waals surface area contributed by atoms with Crippen molar-refractivity contribution >= 4 is 16.6 Å². The van der Waals surface area contributed by atoms with Crippen LogP contribution in [0.4, 0.5) is 10.1 Å². The topological polar surface area (TPSA) is 71.1 Å². The second-order valence-electron chi connectivity index (χ2n) is 7.49. The van der Waals surface area contributed by atoms with Crippen molar-refractivity contribution in [1.29, 1.82) is 0 Å². The van der Waals surface area contributed by atoms with Crippen molar-refractivity contribution in [3.63, 3.8) is 0 Å². The quantitative estimate of drug-likeness (QED) is 0.551. The van der Waals surface area contributed by atoms with Crippen molar-refractivity contribution in [2.24, 2.45) is 0 Å². The second-order valence-corrected chi connectivity index (χ2v) is 7.49. The van der Waals surface area contributed by atoms with Gasteiger partial charge in [0.05, 0.1) is 30.0 Å². The Hall–Kier alpha value is -3.58. The van der Waals surface area contributed by atoms with Crippen LogP contribution in [0.25, 0.3) is 22.2 Å². The van der Waals surface area contributed by atoms with Crippen LogP contribution in [0.2, 0.25) is 0 Å². The van der Waals surface area contributed by atoms with Crippen molar-refractivity contribution in [2.45, 2.75) is 6.42 Å². The van der Waals surface area contributed by atoms with Crippen LogP contribution in [0.3, 0.4) is 0 Å². The average Bonchev–Trinajstić information content (AvgIpc) is 2.80. The normalized spacial score (nSPS) is 14.2. The molecule has 2 aromatic carbocycles. The molecule has 0 amide bonds. The van der Waals surface area contributed by atoms with Crippen LogP contribution in [0.1, 0.15) is 11.4 Å². The maximum absolute atomic E-state index is 14.7. The molecule has 1 fully saturated rings. The molecule has 7 heteroatoms. The second kappa shape index (κ2) is 8.28. The highest BCUT2D eigenvalue weighted by molar-refractivity contribution is 5.90. The predicted octanol–water partition coefficient (Wildman–Crippen LogP) is 3.55. The number of para-hydroxylation sites is 1. The van der Waals surface area contributed by atoms with Crippen molar-refractivity contribution in [2.75, 3.05) is 31.2 Å². The van der Waals surface area contributed by atoms with E-state index in [9.17, 15) is 9.18 Å². The molecule has 3 heterocycles. The summed E-state index contributed by atoms with van der Waals surface area (Å²) >= 11 is 0. The third-order valence-electron chi connectivity index (χ3n) is 5.46. The predicted molar refractivity (Wildman–Crippen MR) is 118 cm³/mol. The number of fused-ring (bicyclic) bond motifs is 1. The monoisotopic (exact) mass is 416 g/mol. The maximum Gasteiger partial charge on any atom is 0.258 e. The summed E-state index contributed by atoms with van der Waals surface area (Å²) in [5, 5.41) is 0.546. The lowest BCUT2D eigenvalue weighted by Crippen LogP contribution is -2.36. The molecule has 0 unspecified atom stereocenters. The zero-order valence-electron chi connectivity index (χ0n) is 16.8. The lowest BCUT2D eigenvalue weighted by Gasteiger charge is -2.29. The van der Waals surface area contributed by atoms with Crippen LogP contribution in [0.5, 0.6) is 0 Å². The van der Waals surface area contributed by atoms with Crippen LogP contribution in [0, 0.1) is 5.82 Å². The highest BCUT2D eigenvalue weighted by Crippen LogP contribution is 2.25. The number of hydrogen-bond donors (Lipinski definition) is 1. The smallest absolute Gasteiger partial charge is 0.258 e. The molecule has 0 bridgehead atoms. The number of nitrogens with one attached hydrogen (secondary N) is 1. The Morgan fingerprint density at radius 1 is 1.06 bits per heavy atom. The van der Waals surface area contributed by atoms with Crippen LogP contribution < -0.4 is 10.5 Å². The van der Waals surface area contributed by atoms with Crippen LogP contribution >= 0.6 is 0 Å². The van der Waals surface area contributed by atoms with Gasteiger partial charge in [-0.2, -0.15) is 0 Å². The van der Waals surface area contributed by atoms with Gasteiger partial charge in [-0.1, -0.05) is 18.2 Å².